The second kappa shape index (κ2) is 7.28. The number of hydrogen-bond acceptors (Lipinski definition) is 2. The van der Waals surface area contributed by atoms with E-state index in [1.165, 1.54) is 12.8 Å². The van der Waals surface area contributed by atoms with E-state index in [4.69, 9.17) is 5.11 Å². The van der Waals surface area contributed by atoms with Gasteiger partial charge in [0.15, 0.2) is 0 Å². The fourth-order valence-electron chi connectivity index (χ4n) is 2.43. The summed E-state index contributed by atoms with van der Waals surface area (Å²) in [4.78, 5) is 12.3. The van der Waals surface area contributed by atoms with E-state index in [9.17, 15) is 4.79 Å². The minimum Gasteiger partial charge on any atom is -0.384 e. The fraction of sp³-hybridized carbons (Fsp3) is 0.500. The number of aliphatic hydroxyl groups is 1. The minimum atomic E-state index is -0.152. The number of aryl methyl sites for hydroxylation is 1. The van der Waals surface area contributed by atoms with Crippen LogP contribution in [0.25, 0.3) is 0 Å². The highest BCUT2D eigenvalue weighted by atomic mass is 16.2. The van der Waals surface area contributed by atoms with Crippen LogP contribution in [-0.4, -0.2) is 23.7 Å². The molecule has 0 aliphatic heterocycles. The van der Waals surface area contributed by atoms with Crippen LogP contribution in [0.4, 0.5) is 0 Å². The predicted octanol–water partition coefficient (Wildman–Crippen LogP) is 2.65. The van der Waals surface area contributed by atoms with Gasteiger partial charge in [-0.1, -0.05) is 31.6 Å². The van der Waals surface area contributed by atoms with E-state index >= 15 is 0 Å². The zero-order valence-electron chi connectivity index (χ0n) is 12.8. The molecule has 1 unspecified atom stereocenters. The Labute approximate surface area is 126 Å². The van der Waals surface area contributed by atoms with Crippen molar-refractivity contribution in [1.29, 1.82) is 0 Å². The Kier molecular flexibility index (Phi) is 5.41. The van der Waals surface area contributed by atoms with Crippen LogP contribution in [0.5, 0.6) is 0 Å². The number of aliphatic hydroxyl groups excluding tert-OH is 1. The molecule has 21 heavy (non-hydrogen) atoms. The molecule has 0 heterocycles. The van der Waals surface area contributed by atoms with Crippen molar-refractivity contribution in [2.75, 3.05) is 6.61 Å². The maximum Gasteiger partial charge on any atom is 0.251 e. The van der Waals surface area contributed by atoms with E-state index in [1.54, 1.807) is 6.07 Å². The number of benzene rings is 1. The number of hydrogen-bond donors (Lipinski definition) is 2. The largest absolute Gasteiger partial charge is 0.384 e. The molecule has 3 heteroatoms. The smallest absolute Gasteiger partial charge is 0.251 e. The van der Waals surface area contributed by atoms with Crippen LogP contribution in [0.2, 0.25) is 0 Å². The lowest BCUT2D eigenvalue weighted by Gasteiger charge is -2.17. The SMILES string of the molecule is CCC(CC1CC1)NC(=O)c1ccc(C#CCO)c(C)c1. The minimum absolute atomic E-state index is 0.00716. The highest BCUT2D eigenvalue weighted by molar-refractivity contribution is 5.94. The number of carbonyl (C=O) groups is 1. The summed E-state index contributed by atoms with van der Waals surface area (Å²) in [5.41, 5.74) is 2.49. The van der Waals surface area contributed by atoms with Gasteiger partial charge < -0.3 is 10.4 Å². The first-order valence-corrected chi connectivity index (χ1v) is 7.65. The molecule has 2 N–H and O–H groups in total. The second-order valence-electron chi connectivity index (χ2n) is 5.75. The molecule has 1 fully saturated rings. The molecule has 0 saturated heterocycles. The van der Waals surface area contributed by atoms with Crippen molar-refractivity contribution in [3.8, 4) is 11.8 Å². The monoisotopic (exact) mass is 285 g/mol. The van der Waals surface area contributed by atoms with Crippen LogP contribution in [-0.2, 0) is 0 Å². The first-order valence-electron chi connectivity index (χ1n) is 7.65. The molecule has 1 amide bonds. The molecule has 1 atom stereocenters. The molecule has 2 rings (SSSR count). The summed E-state index contributed by atoms with van der Waals surface area (Å²) < 4.78 is 0. The van der Waals surface area contributed by atoms with Gasteiger partial charge >= 0.3 is 0 Å². The van der Waals surface area contributed by atoms with E-state index in [-0.39, 0.29) is 18.6 Å². The van der Waals surface area contributed by atoms with Crippen molar-refractivity contribution in [2.45, 2.75) is 45.6 Å². The van der Waals surface area contributed by atoms with Gasteiger partial charge in [0.2, 0.25) is 0 Å². The average Bonchev–Trinajstić information content (AvgIpc) is 3.29. The summed E-state index contributed by atoms with van der Waals surface area (Å²) in [7, 11) is 0. The normalized spacial score (nSPS) is 15.0. The summed E-state index contributed by atoms with van der Waals surface area (Å²) in [5, 5.41) is 11.9. The van der Waals surface area contributed by atoms with Crippen molar-refractivity contribution in [3.05, 3.63) is 34.9 Å². The van der Waals surface area contributed by atoms with Crippen molar-refractivity contribution >= 4 is 5.91 Å². The lowest BCUT2D eigenvalue weighted by Crippen LogP contribution is -2.34. The summed E-state index contributed by atoms with van der Waals surface area (Å²) in [5.74, 6) is 6.32. The molecule has 1 aromatic carbocycles. The molecule has 1 saturated carbocycles. The molecule has 0 aromatic heterocycles. The standard InChI is InChI=1S/C18H23NO2/c1-3-17(12-14-6-7-14)19-18(21)16-9-8-15(5-4-10-20)13(2)11-16/h8-9,11,14,17,20H,3,6-7,10,12H2,1-2H3,(H,19,21). The fourth-order valence-corrected chi connectivity index (χ4v) is 2.43. The maximum atomic E-state index is 12.3. The zero-order valence-corrected chi connectivity index (χ0v) is 12.8. The summed E-state index contributed by atoms with van der Waals surface area (Å²) in [6.45, 7) is 3.90. The molecule has 1 aliphatic carbocycles. The third-order valence-corrected chi connectivity index (χ3v) is 3.93. The third kappa shape index (κ3) is 4.61. The highest BCUT2D eigenvalue weighted by Crippen LogP contribution is 2.34. The zero-order chi connectivity index (χ0) is 15.2. The Balaban J connectivity index is 2.02. The Hall–Kier alpha value is -1.79. The van der Waals surface area contributed by atoms with Gasteiger partial charge in [-0.25, -0.2) is 0 Å². The molecule has 0 radical (unpaired) electrons. The predicted molar refractivity (Wildman–Crippen MR) is 84.0 cm³/mol. The number of carbonyl (C=O) groups excluding carboxylic acids is 1. The molecular formula is C18H23NO2. The van der Waals surface area contributed by atoms with Crippen LogP contribution in [0, 0.1) is 24.7 Å². The van der Waals surface area contributed by atoms with Crippen LogP contribution >= 0.6 is 0 Å². The molecule has 0 spiro atoms. The topological polar surface area (TPSA) is 49.3 Å². The van der Waals surface area contributed by atoms with E-state index in [1.807, 2.05) is 19.1 Å². The third-order valence-electron chi connectivity index (χ3n) is 3.93. The summed E-state index contributed by atoms with van der Waals surface area (Å²) in [6, 6.07) is 5.78. The lowest BCUT2D eigenvalue weighted by molar-refractivity contribution is 0.0932. The molecular weight excluding hydrogens is 262 g/mol. The van der Waals surface area contributed by atoms with Crippen molar-refractivity contribution in [2.24, 2.45) is 5.92 Å². The van der Waals surface area contributed by atoms with E-state index < -0.39 is 0 Å². The first-order chi connectivity index (χ1) is 10.1. The van der Waals surface area contributed by atoms with Crippen molar-refractivity contribution in [3.63, 3.8) is 0 Å². The Morgan fingerprint density at radius 2 is 2.24 bits per heavy atom. The number of nitrogens with one attached hydrogen (secondary N) is 1. The van der Waals surface area contributed by atoms with Gasteiger partial charge in [-0.2, -0.15) is 0 Å². The molecule has 112 valence electrons. The molecule has 1 aliphatic rings. The second-order valence-corrected chi connectivity index (χ2v) is 5.75. The number of rotatable bonds is 5. The molecule has 1 aromatic rings. The maximum absolute atomic E-state index is 12.3. The van der Waals surface area contributed by atoms with Crippen LogP contribution < -0.4 is 5.32 Å². The van der Waals surface area contributed by atoms with E-state index in [0.717, 1.165) is 29.9 Å². The Morgan fingerprint density at radius 3 is 2.81 bits per heavy atom. The van der Waals surface area contributed by atoms with Crippen LogP contribution in [0.1, 0.15) is 54.1 Å². The van der Waals surface area contributed by atoms with Crippen molar-refractivity contribution in [1.82, 2.24) is 5.32 Å². The number of amides is 1. The summed E-state index contributed by atoms with van der Waals surface area (Å²) in [6.07, 6.45) is 4.69. The van der Waals surface area contributed by atoms with Gasteiger partial charge in [-0.05, 0) is 49.4 Å². The van der Waals surface area contributed by atoms with Crippen LogP contribution in [0.3, 0.4) is 0 Å². The van der Waals surface area contributed by atoms with E-state index in [2.05, 4.69) is 24.1 Å². The first kappa shape index (κ1) is 15.6. The summed E-state index contributed by atoms with van der Waals surface area (Å²) >= 11 is 0. The van der Waals surface area contributed by atoms with Gasteiger partial charge in [-0.15, -0.1) is 0 Å². The Morgan fingerprint density at radius 1 is 1.48 bits per heavy atom. The van der Waals surface area contributed by atoms with Gasteiger partial charge in [0, 0.05) is 17.2 Å². The highest BCUT2D eigenvalue weighted by Gasteiger charge is 2.25. The van der Waals surface area contributed by atoms with Crippen molar-refractivity contribution < 1.29 is 9.90 Å². The lowest BCUT2D eigenvalue weighted by atomic mass is 10.0. The average molecular weight is 285 g/mol. The van der Waals surface area contributed by atoms with E-state index in [0.29, 0.717) is 5.56 Å². The van der Waals surface area contributed by atoms with Gasteiger partial charge in [0.1, 0.15) is 6.61 Å². The van der Waals surface area contributed by atoms with Gasteiger partial charge in [0.05, 0.1) is 0 Å². The van der Waals surface area contributed by atoms with Gasteiger partial charge in [0.25, 0.3) is 5.91 Å². The molecule has 3 nitrogen and oxygen atoms in total. The Bertz CT molecular complexity index is 564. The quantitative estimate of drug-likeness (QED) is 0.817. The van der Waals surface area contributed by atoms with Gasteiger partial charge in [-0.3, -0.25) is 4.79 Å². The molecule has 0 bridgehead atoms. The van der Waals surface area contributed by atoms with Crippen LogP contribution in [0.15, 0.2) is 18.2 Å².